The molecule has 0 unspecified atom stereocenters. The summed E-state index contributed by atoms with van der Waals surface area (Å²) in [7, 11) is 0. The highest BCUT2D eigenvalue weighted by molar-refractivity contribution is 5.96. The number of nitrogens with zero attached hydrogens (tertiary/aromatic N) is 1. The zero-order chi connectivity index (χ0) is 10.3. The van der Waals surface area contributed by atoms with Crippen molar-refractivity contribution in [1.29, 1.82) is 0 Å². The highest BCUT2D eigenvalue weighted by Gasteiger charge is 2.13. The Morgan fingerprint density at radius 3 is 1.92 bits per heavy atom. The van der Waals surface area contributed by atoms with Crippen molar-refractivity contribution < 1.29 is 19.8 Å². The maximum Gasteiger partial charge on any atom is 0.230 e. The van der Waals surface area contributed by atoms with Crippen molar-refractivity contribution in [2.24, 2.45) is 0 Å². The molecule has 0 saturated carbocycles. The van der Waals surface area contributed by atoms with Crippen LogP contribution < -0.4 is 0 Å². The summed E-state index contributed by atoms with van der Waals surface area (Å²) in [6.45, 7) is 1.32. The summed E-state index contributed by atoms with van der Waals surface area (Å²) in [4.78, 5) is 23.1. The average Bonchev–Trinajstić information content (AvgIpc) is 2.02. The molecule has 0 heterocycles. The monoisotopic (exact) mass is 189 g/mol. The van der Waals surface area contributed by atoms with E-state index in [2.05, 4.69) is 0 Å². The molecule has 76 valence electrons. The van der Waals surface area contributed by atoms with Crippen LogP contribution in [0.25, 0.3) is 0 Å². The second-order valence-electron chi connectivity index (χ2n) is 2.71. The van der Waals surface area contributed by atoms with Gasteiger partial charge in [0.25, 0.3) is 0 Å². The van der Waals surface area contributed by atoms with E-state index in [1.807, 2.05) is 0 Å². The average molecular weight is 189 g/mol. The fraction of sp³-hybridized carbons (Fsp3) is 0.750. The summed E-state index contributed by atoms with van der Waals surface area (Å²) < 4.78 is 0. The molecule has 0 saturated heterocycles. The molecule has 0 aromatic rings. The van der Waals surface area contributed by atoms with E-state index >= 15 is 0 Å². The maximum atomic E-state index is 11.2. The van der Waals surface area contributed by atoms with E-state index < -0.39 is 0 Å². The molecular formula is C8H15NO4. The first-order valence-electron chi connectivity index (χ1n) is 4.10. The number of carbonyl (C=O) groups is 2. The molecule has 13 heavy (non-hydrogen) atoms. The van der Waals surface area contributed by atoms with E-state index in [1.54, 1.807) is 0 Å². The van der Waals surface area contributed by atoms with E-state index in [9.17, 15) is 9.59 Å². The minimum Gasteiger partial charge on any atom is -0.395 e. The van der Waals surface area contributed by atoms with Crippen molar-refractivity contribution in [1.82, 2.24) is 4.90 Å². The normalized spacial score (nSPS) is 9.77. The van der Waals surface area contributed by atoms with Gasteiger partial charge in [-0.3, -0.25) is 9.59 Å². The summed E-state index contributed by atoms with van der Waals surface area (Å²) in [5.74, 6) is -0.568. The molecule has 0 spiro atoms. The number of aliphatic hydroxyl groups excluding tert-OH is 2. The Morgan fingerprint density at radius 1 is 1.15 bits per heavy atom. The Balaban J connectivity index is 4.02. The van der Waals surface area contributed by atoms with Crippen molar-refractivity contribution in [2.75, 3.05) is 26.3 Å². The Bertz CT molecular complexity index is 175. The van der Waals surface area contributed by atoms with E-state index in [0.717, 1.165) is 0 Å². The molecule has 5 heteroatoms. The van der Waals surface area contributed by atoms with E-state index in [1.165, 1.54) is 11.8 Å². The lowest BCUT2D eigenvalue weighted by atomic mass is 10.3. The molecule has 0 aliphatic heterocycles. The number of Topliss-reactive ketones (excluding diaryl/α,β-unsaturated/α-hetero) is 1. The molecule has 5 nitrogen and oxygen atoms in total. The van der Waals surface area contributed by atoms with Crippen LogP contribution in [-0.4, -0.2) is 53.1 Å². The first kappa shape index (κ1) is 12.1. The fourth-order valence-electron chi connectivity index (χ4n) is 0.927. The zero-order valence-corrected chi connectivity index (χ0v) is 7.69. The number of aliphatic hydroxyl groups is 2. The lowest BCUT2D eigenvalue weighted by molar-refractivity contribution is -0.135. The largest absolute Gasteiger partial charge is 0.395 e. The van der Waals surface area contributed by atoms with E-state index in [0.29, 0.717) is 0 Å². The highest BCUT2D eigenvalue weighted by Crippen LogP contribution is 1.94. The van der Waals surface area contributed by atoms with Gasteiger partial charge in [0.1, 0.15) is 5.78 Å². The Labute approximate surface area is 77.0 Å². The van der Waals surface area contributed by atoms with Crippen LogP contribution in [0.2, 0.25) is 0 Å². The molecule has 0 atom stereocenters. The number of ketones is 1. The Morgan fingerprint density at radius 2 is 1.62 bits per heavy atom. The predicted octanol–water partition coefficient (Wildman–Crippen LogP) is -1.22. The summed E-state index contributed by atoms with van der Waals surface area (Å²) in [6, 6.07) is 0. The lowest BCUT2D eigenvalue weighted by Gasteiger charge is -2.19. The van der Waals surface area contributed by atoms with E-state index in [4.69, 9.17) is 10.2 Å². The first-order chi connectivity index (χ1) is 6.11. The van der Waals surface area contributed by atoms with Crippen LogP contribution in [0.3, 0.4) is 0 Å². The van der Waals surface area contributed by atoms with Crippen molar-refractivity contribution in [3.8, 4) is 0 Å². The smallest absolute Gasteiger partial charge is 0.230 e. The van der Waals surface area contributed by atoms with Crippen LogP contribution in [-0.2, 0) is 9.59 Å². The van der Waals surface area contributed by atoms with Crippen molar-refractivity contribution in [3.63, 3.8) is 0 Å². The third kappa shape index (κ3) is 5.32. The Hall–Kier alpha value is -0.940. The van der Waals surface area contributed by atoms with Gasteiger partial charge < -0.3 is 15.1 Å². The first-order valence-corrected chi connectivity index (χ1v) is 4.10. The number of amides is 1. The summed E-state index contributed by atoms with van der Waals surface area (Å²) in [5.41, 5.74) is 0. The molecule has 0 aliphatic rings. The molecule has 0 aliphatic carbocycles. The summed E-state index contributed by atoms with van der Waals surface area (Å²) >= 11 is 0. The molecule has 0 aromatic heterocycles. The van der Waals surface area contributed by atoms with Crippen molar-refractivity contribution in [3.05, 3.63) is 0 Å². The van der Waals surface area contributed by atoms with Crippen LogP contribution >= 0.6 is 0 Å². The van der Waals surface area contributed by atoms with Gasteiger partial charge in [0.05, 0.1) is 19.6 Å². The maximum absolute atomic E-state index is 11.2. The van der Waals surface area contributed by atoms with Crippen molar-refractivity contribution >= 4 is 11.7 Å². The van der Waals surface area contributed by atoms with Gasteiger partial charge >= 0.3 is 0 Å². The van der Waals surface area contributed by atoms with Crippen molar-refractivity contribution in [2.45, 2.75) is 13.3 Å². The SMILES string of the molecule is CC(=O)CC(=O)N(CCO)CCO. The molecule has 0 radical (unpaired) electrons. The third-order valence-electron chi connectivity index (χ3n) is 1.49. The molecule has 0 bridgehead atoms. The molecule has 0 rings (SSSR count). The third-order valence-corrected chi connectivity index (χ3v) is 1.49. The van der Waals surface area contributed by atoms with Gasteiger partial charge in [-0.05, 0) is 6.92 Å². The quantitative estimate of drug-likeness (QED) is 0.513. The predicted molar refractivity (Wildman–Crippen MR) is 46.0 cm³/mol. The number of hydrogen-bond acceptors (Lipinski definition) is 4. The second kappa shape index (κ2) is 6.56. The number of rotatable bonds is 6. The number of carbonyl (C=O) groups excluding carboxylic acids is 2. The van der Waals surface area contributed by atoms with E-state index in [-0.39, 0.29) is 44.4 Å². The van der Waals surface area contributed by atoms with Gasteiger partial charge in [0.2, 0.25) is 5.91 Å². The van der Waals surface area contributed by atoms with Gasteiger partial charge in [-0.1, -0.05) is 0 Å². The topological polar surface area (TPSA) is 77.8 Å². The minimum absolute atomic E-state index is 0.159. The molecular weight excluding hydrogens is 174 g/mol. The minimum atomic E-state index is -0.351. The number of hydrogen-bond donors (Lipinski definition) is 2. The van der Waals surface area contributed by atoms with Crippen LogP contribution in [0.4, 0.5) is 0 Å². The van der Waals surface area contributed by atoms with Gasteiger partial charge in [-0.25, -0.2) is 0 Å². The summed E-state index contributed by atoms with van der Waals surface area (Å²) in [6.07, 6.45) is -0.167. The van der Waals surface area contributed by atoms with Crippen LogP contribution in [0, 0.1) is 0 Å². The molecule has 0 aromatic carbocycles. The van der Waals surface area contributed by atoms with Gasteiger partial charge in [0, 0.05) is 13.1 Å². The fourth-order valence-corrected chi connectivity index (χ4v) is 0.927. The van der Waals surface area contributed by atoms with Crippen LogP contribution in [0.15, 0.2) is 0 Å². The highest BCUT2D eigenvalue weighted by atomic mass is 16.3. The Kier molecular flexibility index (Phi) is 6.09. The van der Waals surface area contributed by atoms with Gasteiger partial charge in [-0.2, -0.15) is 0 Å². The van der Waals surface area contributed by atoms with Gasteiger partial charge in [-0.15, -0.1) is 0 Å². The lowest BCUT2D eigenvalue weighted by Crippen LogP contribution is -2.36. The van der Waals surface area contributed by atoms with Gasteiger partial charge in [0.15, 0.2) is 0 Å². The van der Waals surface area contributed by atoms with Crippen LogP contribution in [0.1, 0.15) is 13.3 Å². The molecule has 1 amide bonds. The molecule has 2 N–H and O–H groups in total. The zero-order valence-electron chi connectivity index (χ0n) is 7.69. The molecule has 0 fully saturated rings. The second-order valence-corrected chi connectivity index (χ2v) is 2.71. The standard InChI is InChI=1S/C8H15NO4/c1-7(12)6-8(13)9(2-4-10)3-5-11/h10-11H,2-6H2,1H3. The summed E-state index contributed by atoms with van der Waals surface area (Å²) in [5, 5.41) is 17.2. The van der Waals surface area contributed by atoms with Crippen LogP contribution in [0.5, 0.6) is 0 Å².